The van der Waals surface area contributed by atoms with Crippen LogP contribution in [0.15, 0.2) is 64.8 Å². The van der Waals surface area contributed by atoms with Gasteiger partial charge in [0.1, 0.15) is 17.6 Å². The van der Waals surface area contributed by atoms with Gasteiger partial charge < -0.3 is 15.2 Å². The molecule has 0 aliphatic carbocycles. The van der Waals surface area contributed by atoms with Crippen LogP contribution in [0.5, 0.6) is 5.75 Å². The van der Waals surface area contributed by atoms with Gasteiger partial charge in [-0.2, -0.15) is 5.10 Å². The van der Waals surface area contributed by atoms with Crippen LogP contribution in [0.25, 0.3) is 0 Å². The number of amidine groups is 1. The molecular weight excluding hydrogens is 366 g/mol. The Hall–Kier alpha value is -3.13. The molecule has 1 fully saturated rings. The molecule has 2 aromatic carbocycles. The third kappa shape index (κ3) is 5.68. The maximum Gasteiger partial charge on any atom is 0.305 e. The van der Waals surface area contributed by atoms with Gasteiger partial charge in [0.05, 0.1) is 12.6 Å². The molecule has 0 unspecified atom stereocenters. The van der Waals surface area contributed by atoms with Crippen molar-refractivity contribution in [3.63, 3.8) is 0 Å². The van der Waals surface area contributed by atoms with Gasteiger partial charge in [-0.3, -0.25) is 9.59 Å². The molecule has 1 aliphatic heterocycles. The highest BCUT2D eigenvalue weighted by Gasteiger charge is 2.32. The number of carboxylic acids is 1. The summed E-state index contributed by atoms with van der Waals surface area (Å²) in [6.07, 6.45) is 1.29. The average Bonchev–Trinajstić information content (AvgIpc) is 3.00. The average molecular weight is 383 g/mol. The minimum absolute atomic E-state index is 0.250. The monoisotopic (exact) mass is 383 g/mol. The van der Waals surface area contributed by atoms with E-state index in [1.165, 1.54) is 0 Å². The number of rotatable bonds is 7. The Morgan fingerprint density at radius 3 is 2.81 bits per heavy atom. The molecule has 1 heterocycles. The van der Waals surface area contributed by atoms with Gasteiger partial charge >= 0.3 is 5.97 Å². The Morgan fingerprint density at radius 2 is 2.04 bits per heavy atom. The van der Waals surface area contributed by atoms with Crippen LogP contribution < -0.4 is 10.1 Å². The summed E-state index contributed by atoms with van der Waals surface area (Å²) < 4.78 is 5.76. The van der Waals surface area contributed by atoms with E-state index in [-0.39, 0.29) is 12.3 Å². The lowest BCUT2D eigenvalue weighted by Gasteiger charge is -2.06. The van der Waals surface area contributed by atoms with Crippen LogP contribution in [0.4, 0.5) is 0 Å². The third-order valence-electron chi connectivity index (χ3n) is 3.60. The number of benzene rings is 2. The van der Waals surface area contributed by atoms with E-state index < -0.39 is 11.2 Å². The second kappa shape index (κ2) is 9.00. The third-order valence-corrected chi connectivity index (χ3v) is 4.67. The normalized spacial score (nSPS) is 18.0. The molecule has 0 saturated carbocycles. The number of aliphatic carboxylic acids is 1. The molecule has 1 amide bonds. The number of hydrogen-bond acceptors (Lipinski definition) is 6. The van der Waals surface area contributed by atoms with Crippen LogP contribution in [0, 0.1) is 0 Å². The molecule has 1 aliphatic rings. The van der Waals surface area contributed by atoms with Crippen molar-refractivity contribution in [3.8, 4) is 5.75 Å². The first-order valence-corrected chi connectivity index (χ1v) is 9.05. The number of amides is 1. The Balaban J connectivity index is 1.57. The van der Waals surface area contributed by atoms with Gasteiger partial charge in [-0.05, 0) is 23.3 Å². The molecule has 27 heavy (non-hydrogen) atoms. The standard InChI is InChI=1S/C19H17N3O4S/c23-17(24)10-16-18(25)21-19(27-16)22-20-11-14-7-4-8-15(9-14)26-12-13-5-2-1-3-6-13/h1-9,11,16H,10,12H2,(H,23,24)(H,21,22,25)/b20-11-/t16-/m1/s1. The van der Waals surface area contributed by atoms with Gasteiger partial charge in [0.25, 0.3) is 0 Å². The number of thioether (sulfide) groups is 1. The predicted molar refractivity (Wildman–Crippen MR) is 104 cm³/mol. The highest BCUT2D eigenvalue weighted by molar-refractivity contribution is 8.15. The van der Waals surface area contributed by atoms with Crippen molar-refractivity contribution in [2.24, 2.45) is 10.2 Å². The molecule has 8 heteroatoms. The molecular formula is C19H17N3O4S. The maximum absolute atomic E-state index is 11.6. The summed E-state index contributed by atoms with van der Waals surface area (Å²) in [4.78, 5) is 22.3. The molecule has 1 saturated heterocycles. The van der Waals surface area contributed by atoms with Crippen molar-refractivity contribution in [2.45, 2.75) is 18.3 Å². The second-order valence-corrected chi connectivity index (χ2v) is 6.88. The van der Waals surface area contributed by atoms with Gasteiger partial charge in [-0.15, -0.1) is 5.10 Å². The Labute approximate surface area is 160 Å². The summed E-state index contributed by atoms with van der Waals surface area (Å²) in [6, 6.07) is 17.3. The van der Waals surface area contributed by atoms with E-state index in [4.69, 9.17) is 9.84 Å². The van der Waals surface area contributed by atoms with E-state index in [1.807, 2.05) is 54.6 Å². The zero-order chi connectivity index (χ0) is 19.1. The number of carbonyl (C=O) groups excluding carboxylic acids is 1. The van der Waals surface area contributed by atoms with Crippen molar-refractivity contribution in [3.05, 3.63) is 65.7 Å². The molecule has 0 aromatic heterocycles. The van der Waals surface area contributed by atoms with Crippen LogP contribution in [-0.2, 0) is 16.2 Å². The summed E-state index contributed by atoms with van der Waals surface area (Å²) in [6.45, 7) is 0.470. The van der Waals surface area contributed by atoms with Crippen LogP contribution in [0.1, 0.15) is 17.5 Å². The number of carbonyl (C=O) groups is 2. The van der Waals surface area contributed by atoms with E-state index in [2.05, 4.69) is 15.5 Å². The zero-order valence-electron chi connectivity index (χ0n) is 14.2. The fourth-order valence-electron chi connectivity index (χ4n) is 2.32. The number of carboxylic acid groups (broad SMARTS) is 1. The van der Waals surface area contributed by atoms with Crippen molar-refractivity contribution >= 4 is 35.0 Å². The minimum atomic E-state index is -1.03. The summed E-state index contributed by atoms with van der Waals surface area (Å²) in [7, 11) is 0. The van der Waals surface area contributed by atoms with Crippen LogP contribution in [-0.4, -0.2) is 33.6 Å². The number of ether oxygens (including phenoxy) is 1. The SMILES string of the molecule is O=C(O)C[C@H]1S/C(=N\N=C/c2cccc(OCc3ccccc3)c2)NC1=O. The first-order chi connectivity index (χ1) is 13.1. The molecule has 0 bridgehead atoms. The number of nitrogens with one attached hydrogen (secondary N) is 1. The fourth-order valence-corrected chi connectivity index (χ4v) is 3.23. The zero-order valence-corrected chi connectivity index (χ0v) is 15.1. The Morgan fingerprint density at radius 1 is 1.22 bits per heavy atom. The van der Waals surface area contributed by atoms with Gasteiger partial charge in [0.2, 0.25) is 5.91 Å². The Kier molecular flexibility index (Phi) is 6.22. The van der Waals surface area contributed by atoms with Crippen molar-refractivity contribution in [1.82, 2.24) is 5.32 Å². The molecule has 7 nitrogen and oxygen atoms in total. The van der Waals surface area contributed by atoms with Crippen molar-refractivity contribution in [2.75, 3.05) is 0 Å². The lowest BCUT2D eigenvalue weighted by atomic mass is 10.2. The van der Waals surface area contributed by atoms with Crippen LogP contribution in [0.2, 0.25) is 0 Å². The van der Waals surface area contributed by atoms with Crippen LogP contribution >= 0.6 is 11.8 Å². The van der Waals surface area contributed by atoms with Gasteiger partial charge in [0.15, 0.2) is 5.17 Å². The molecule has 0 spiro atoms. The highest BCUT2D eigenvalue weighted by atomic mass is 32.2. The lowest BCUT2D eigenvalue weighted by molar-refractivity contribution is -0.138. The summed E-state index contributed by atoms with van der Waals surface area (Å²) in [5.74, 6) is -0.687. The lowest BCUT2D eigenvalue weighted by Crippen LogP contribution is -2.26. The largest absolute Gasteiger partial charge is 0.489 e. The first kappa shape index (κ1) is 18.7. The van der Waals surface area contributed by atoms with E-state index >= 15 is 0 Å². The van der Waals surface area contributed by atoms with E-state index in [9.17, 15) is 9.59 Å². The predicted octanol–water partition coefficient (Wildman–Crippen LogP) is 2.66. The van der Waals surface area contributed by atoms with Crippen LogP contribution in [0.3, 0.4) is 0 Å². The summed E-state index contributed by atoms with van der Waals surface area (Å²) >= 11 is 1.06. The van der Waals surface area contributed by atoms with Crippen molar-refractivity contribution < 1.29 is 19.4 Å². The molecule has 2 N–H and O–H groups in total. The van der Waals surface area contributed by atoms with Gasteiger partial charge in [0, 0.05) is 0 Å². The number of nitrogens with zero attached hydrogens (tertiary/aromatic N) is 2. The smallest absolute Gasteiger partial charge is 0.305 e. The topological polar surface area (TPSA) is 100 Å². The molecule has 138 valence electrons. The highest BCUT2D eigenvalue weighted by Crippen LogP contribution is 2.22. The summed E-state index contributed by atoms with van der Waals surface area (Å²) in [5, 5.41) is 18.8. The summed E-state index contributed by atoms with van der Waals surface area (Å²) in [5.41, 5.74) is 1.87. The molecule has 1 atom stereocenters. The maximum atomic E-state index is 11.6. The fraction of sp³-hybridized carbons (Fsp3) is 0.158. The van der Waals surface area contributed by atoms with Gasteiger partial charge in [-0.25, -0.2) is 0 Å². The van der Waals surface area contributed by atoms with E-state index in [0.717, 1.165) is 22.9 Å². The minimum Gasteiger partial charge on any atom is -0.489 e. The van der Waals surface area contributed by atoms with E-state index in [0.29, 0.717) is 17.5 Å². The van der Waals surface area contributed by atoms with Crippen molar-refractivity contribution in [1.29, 1.82) is 0 Å². The first-order valence-electron chi connectivity index (χ1n) is 8.17. The quantitative estimate of drug-likeness (QED) is 0.566. The van der Waals surface area contributed by atoms with Gasteiger partial charge in [-0.1, -0.05) is 54.2 Å². The van der Waals surface area contributed by atoms with E-state index in [1.54, 1.807) is 6.21 Å². The Bertz CT molecular complexity index is 884. The second-order valence-electron chi connectivity index (χ2n) is 5.69. The number of hydrogen-bond donors (Lipinski definition) is 2. The molecule has 2 aromatic rings. The molecule has 3 rings (SSSR count). The molecule has 0 radical (unpaired) electrons.